The Morgan fingerprint density at radius 2 is 2.11 bits per heavy atom. The molecule has 0 aromatic heterocycles. The lowest BCUT2D eigenvalue weighted by molar-refractivity contribution is 0.0946. The summed E-state index contributed by atoms with van der Waals surface area (Å²) in [6.45, 7) is 2.03. The number of methoxy groups -OCH3 is 1. The van der Waals surface area contributed by atoms with Crippen molar-refractivity contribution in [2.75, 3.05) is 7.11 Å². The van der Waals surface area contributed by atoms with E-state index in [0.717, 1.165) is 6.42 Å². The van der Waals surface area contributed by atoms with E-state index in [1.165, 1.54) is 25.3 Å². The van der Waals surface area contributed by atoms with E-state index in [-0.39, 0.29) is 22.4 Å². The number of hydrogen-bond donors (Lipinski definition) is 1. The van der Waals surface area contributed by atoms with Crippen molar-refractivity contribution in [3.05, 3.63) is 23.8 Å². The van der Waals surface area contributed by atoms with E-state index in [4.69, 9.17) is 15.4 Å². The van der Waals surface area contributed by atoms with Crippen molar-refractivity contribution < 1.29 is 17.9 Å². The molecule has 0 saturated heterocycles. The van der Waals surface area contributed by atoms with Gasteiger partial charge in [-0.1, -0.05) is 6.92 Å². The van der Waals surface area contributed by atoms with Crippen LogP contribution >= 0.6 is 10.7 Å². The average Bonchev–Trinajstić information content (AvgIpc) is 3.02. The van der Waals surface area contributed by atoms with E-state index in [1.807, 2.05) is 6.92 Å². The number of carbonyl (C=O) groups excluding carboxylic acids is 1. The molecule has 104 valence electrons. The van der Waals surface area contributed by atoms with E-state index in [2.05, 4.69) is 5.32 Å². The first-order chi connectivity index (χ1) is 8.82. The molecule has 1 aliphatic carbocycles. The Kier molecular flexibility index (Phi) is 3.73. The molecule has 0 radical (unpaired) electrons. The molecular weight excluding hydrogens is 290 g/mol. The molecule has 0 spiro atoms. The molecule has 5 nitrogen and oxygen atoms in total. The quantitative estimate of drug-likeness (QED) is 0.860. The number of ether oxygens (including phenoxy) is 1. The summed E-state index contributed by atoms with van der Waals surface area (Å²) in [5.41, 5.74) is 0.170. The first kappa shape index (κ1) is 14.1. The van der Waals surface area contributed by atoms with Gasteiger partial charge in [-0.2, -0.15) is 0 Å². The van der Waals surface area contributed by atoms with Crippen LogP contribution in [0.1, 0.15) is 23.7 Å². The molecule has 1 fully saturated rings. The van der Waals surface area contributed by atoms with Crippen LogP contribution < -0.4 is 10.1 Å². The van der Waals surface area contributed by atoms with Gasteiger partial charge in [0.05, 0.1) is 17.6 Å². The van der Waals surface area contributed by atoms with Crippen LogP contribution in [0.3, 0.4) is 0 Å². The Labute approximate surface area is 116 Å². The topological polar surface area (TPSA) is 72.5 Å². The van der Waals surface area contributed by atoms with Gasteiger partial charge in [-0.15, -0.1) is 0 Å². The Morgan fingerprint density at radius 3 is 2.58 bits per heavy atom. The third-order valence-electron chi connectivity index (χ3n) is 3.12. The summed E-state index contributed by atoms with van der Waals surface area (Å²) in [7, 11) is 2.82. The standard InChI is InChI=1S/C12H14ClNO4S/c1-7-5-10(7)14-12(15)9-6-8(19(13,16)17)3-4-11(9)18-2/h3-4,6-7,10H,5H2,1-2H3,(H,14,15). The van der Waals surface area contributed by atoms with Crippen LogP contribution in [0.15, 0.2) is 23.1 Å². The fourth-order valence-electron chi connectivity index (χ4n) is 1.79. The van der Waals surface area contributed by atoms with Crippen molar-refractivity contribution in [3.8, 4) is 5.75 Å². The van der Waals surface area contributed by atoms with Gasteiger partial charge in [0.2, 0.25) is 0 Å². The highest BCUT2D eigenvalue weighted by molar-refractivity contribution is 8.13. The Hall–Kier alpha value is -1.27. The van der Waals surface area contributed by atoms with E-state index < -0.39 is 9.05 Å². The molecule has 0 bridgehead atoms. The molecule has 0 aliphatic heterocycles. The first-order valence-electron chi connectivity index (χ1n) is 5.76. The minimum atomic E-state index is -3.87. The van der Waals surface area contributed by atoms with Crippen molar-refractivity contribution in [2.45, 2.75) is 24.3 Å². The number of hydrogen-bond acceptors (Lipinski definition) is 4. The summed E-state index contributed by atoms with van der Waals surface area (Å²) in [5, 5.41) is 2.82. The lowest BCUT2D eigenvalue weighted by Gasteiger charge is -2.10. The normalized spacial score (nSPS) is 21.8. The van der Waals surface area contributed by atoms with E-state index in [9.17, 15) is 13.2 Å². The molecular formula is C12H14ClNO4S. The molecule has 1 aromatic rings. The van der Waals surface area contributed by atoms with Crippen molar-refractivity contribution >= 4 is 25.6 Å². The highest BCUT2D eigenvalue weighted by Gasteiger charge is 2.34. The molecule has 1 aromatic carbocycles. The van der Waals surface area contributed by atoms with Crippen LogP contribution in [0.2, 0.25) is 0 Å². The summed E-state index contributed by atoms with van der Waals surface area (Å²) in [6.07, 6.45) is 0.932. The second-order valence-corrected chi connectivity index (χ2v) is 7.16. The molecule has 7 heteroatoms. The van der Waals surface area contributed by atoms with Gasteiger partial charge in [-0.05, 0) is 30.5 Å². The molecule has 1 aliphatic rings. The number of amides is 1. The molecule has 1 saturated carbocycles. The van der Waals surface area contributed by atoms with Gasteiger partial charge in [0.1, 0.15) is 5.75 Å². The molecule has 0 heterocycles. The third kappa shape index (κ3) is 3.19. The molecule has 2 unspecified atom stereocenters. The fraction of sp³-hybridized carbons (Fsp3) is 0.417. The van der Waals surface area contributed by atoms with Gasteiger partial charge in [-0.25, -0.2) is 8.42 Å². The third-order valence-corrected chi connectivity index (χ3v) is 4.47. The van der Waals surface area contributed by atoms with Gasteiger partial charge >= 0.3 is 0 Å². The predicted octanol–water partition coefficient (Wildman–Crippen LogP) is 1.76. The Bertz CT molecular complexity index is 614. The second kappa shape index (κ2) is 5.02. The first-order valence-corrected chi connectivity index (χ1v) is 8.07. The zero-order valence-corrected chi connectivity index (χ0v) is 12.1. The fourth-order valence-corrected chi connectivity index (χ4v) is 2.56. The number of halogens is 1. The lowest BCUT2D eigenvalue weighted by Crippen LogP contribution is -2.27. The number of carbonyl (C=O) groups is 1. The molecule has 2 rings (SSSR count). The smallest absolute Gasteiger partial charge is 0.261 e. The van der Waals surface area contributed by atoms with E-state index >= 15 is 0 Å². The predicted molar refractivity (Wildman–Crippen MR) is 71.1 cm³/mol. The zero-order chi connectivity index (χ0) is 14.2. The van der Waals surface area contributed by atoms with Gasteiger partial charge in [0.25, 0.3) is 15.0 Å². The van der Waals surface area contributed by atoms with Crippen molar-refractivity contribution in [3.63, 3.8) is 0 Å². The minimum absolute atomic E-state index is 0.121. The van der Waals surface area contributed by atoms with Crippen LogP contribution in [0, 0.1) is 5.92 Å². The monoisotopic (exact) mass is 303 g/mol. The highest BCUT2D eigenvalue weighted by atomic mass is 35.7. The van der Waals surface area contributed by atoms with Crippen LogP contribution in [0.5, 0.6) is 5.75 Å². The maximum Gasteiger partial charge on any atom is 0.261 e. The molecule has 2 atom stereocenters. The van der Waals surface area contributed by atoms with Crippen LogP contribution in [-0.2, 0) is 9.05 Å². The lowest BCUT2D eigenvalue weighted by atomic mass is 10.2. The number of nitrogens with one attached hydrogen (secondary N) is 1. The van der Waals surface area contributed by atoms with Crippen LogP contribution in [0.25, 0.3) is 0 Å². The maximum absolute atomic E-state index is 12.1. The van der Waals surface area contributed by atoms with Crippen molar-refractivity contribution in [1.29, 1.82) is 0 Å². The summed E-state index contributed by atoms with van der Waals surface area (Å²) >= 11 is 0. The average molecular weight is 304 g/mol. The van der Waals surface area contributed by atoms with Crippen LogP contribution in [0.4, 0.5) is 0 Å². The minimum Gasteiger partial charge on any atom is -0.496 e. The number of rotatable bonds is 4. The van der Waals surface area contributed by atoms with Gasteiger partial charge in [0, 0.05) is 16.7 Å². The second-order valence-electron chi connectivity index (χ2n) is 4.59. The number of benzene rings is 1. The SMILES string of the molecule is COc1ccc(S(=O)(=O)Cl)cc1C(=O)NC1CC1C. The summed E-state index contributed by atoms with van der Waals surface area (Å²) in [5.74, 6) is 0.415. The van der Waals surface area contributed by atoms with E-state index in [1.54, 1.807) is 0 Å². The largest absolute Gasteiger partial charge is 0.496 e. The van der Waals surface area contributed by atoms with Gasteiger partial charge in [-0.3, -0.25) is 4.79 Å². The highest BCUT2D eigenvalue weighted by Crippen LogP contribution is 2.30. The van der Waals surface area contributed by atoms with E-state index in [0.29, 0.717) is 11.7 Å². The zero-order valence-electron chi connectivity index (χ0n) is 10.5. The molecule has 1 N–H and O–H groups in total. The van der Waals surface area contributed by atoms with Gasteiger partial charge < -0.3 is 10.1 Å². The Morgan fingerprint density at radius 1 is 1.47 bits per heavy atom. The summed E-state index contributed by atoms with van der Waals surface area (Å²) < 4.78 is 27.6. The summed E-state index contributed by atoms with van der Waals surface area (Å²) in [4.78, 5) is 11.9. The summed E-state index contributed by atoms with van der Waals surface area (Å²) in [6, 6.07) is 4.09. The molecule has 19 heavy (non-hydrogen) atoms. The van der Waals surface area contributed by atoms with Crippen LogP contribution in [-0.4, -0.2) is 27.5 Å². The molecule has 1 amide bonds. The van der Waals surface area contributed by atoms with Crippen molar-refractivity contribution in [2.24, 2.45) is 5.92 Å². The van der Waals surface area contributed by atoms with Gasteiger partial charge in [0.15, 0.2) is 0 Å². The maximum atomic E-state index is 12.1. The van der Waals surface area contributed by atoms with Crippen molar-refractivity contribution in [1.82, 2.24) is 5.32 Å². The Balaban J connectivity index is 2.33.